The molecule has 0 saturated carbocycles. The van der Waals surface area contributed by atoms with Crippen LogP contribution in [-0.4, -0.2) is 24.4 Å². The first-order chi connectivity index (χ1) is 12.4. The van der Waals surface area contributed by atoms with Gasteiger partial charge in [0.1, 0.15) is 0 Å². The second kappa shape index (κ2) is 15.5. The molecular formula is C12H28O6P2S7. The summed E-state index contributed by atoms with van der Waals surface area (Å²) in [6, 6.07) is 0. The molecule has 15 heteroatoms. The molecule has 0 aliphatic carbocycles. The van der Waals surface area contributed by atoms with Crippen LogP contribution in [0.2, 0.25) is 0 Å². The molecule has 0 atom stereocenters. The standard InChI is InChI=1S/C12H28O6P2S7/c1-9(2)15-21-19(13,22-16-10(3)4)25-27-26-20(14,23-17-11(5)6)24-18-12(7)8/h9-12H,1-8H3. The predicted molar refractivity (Wildman–Crippen MR) is 133 cm³/mol. The van der Waals surface area contributed by atoms with Crippen LogP contribution in [0.15, 0.2) is 0 Å². The lowest BCUT2D eigenvalue weighted by Gasteiger charge is -2.19. The van der Waals surface area contributed by atoms with Gasteiger partial charge in [-0.05, 0) is 65.2 Å². The molecule has 0 N–H and O–H groups in total. The molecule has 164 valence electrons. The van der Waals surface area contributed by atoms with Gasteiger partial charge in [0, 0.05) is 20.8 Å². The zero-order valence-electron chi connectivity index (χ0n) is 16.5. The first-order valence-electron chi connectivity index (χ1n) is 8.02. The van der Waals surface area contributed by atoms with Gasteiger partial charge in [-0.2, -0.15) is 0 Å². The third-order valence-electron chi connectivity index (χ3n) is 1.55. The molecule has 0 rings (SSSR count). The summed E-state index contributed by atoms with van der Waals surface area (Å²) in [4.78, 5) is 0. The molecule has 0 unspecified atom stereocenters. The van der Waals surface area contributed by atoms with E-state index in [2.05, 4.69) is 0 Å². The highest BCUT2D eigenvalue weighted by molar-refractivity contribution is 9.45. The van der Waals surface area contributed by atoms with Crippen LogP contribution in [-0.2, 0) is 25.9 Å². The lowest BCUT2D eigenvalue weighted by atomic mass is 10.5. The maximum Gasteiger partial charge on any atom is 0.306 e. The molecule has 0 fully saturated rings. The van der Waals surface area contributed by atoms with Gasteiger partial charge in [-0.15, -0.1) is 0 Å². The Morgan fingerprint density at radius 1 is 0.519 bits per heavy atom. The van der Waals surface area contributed by atoms with Crippen LogP contribution in [0, 0.1) is 0 Å². The average Bonchev–Trinajstić information content (AvgIpc) is 2.55. The topological polar surface area (TPSA) is 71.1 Å². The van der Waals surface area contributed by atoms with Crippen molar-refractivity contribution in [3.05, 3.63) is 0 Å². The smallest absolute Gasteiger partial charge is 0.304 e. The summed E-state index contributed by atoms with van der Waals surface area (Å²) in [6.07, 6.45) is -0.288. The maximum atomic E-state index is 13.1. The van der Waals surface area contributed by atoms with Crippen LogP contribution in [0.1, 0.15) is 55.4 Å². The van der Waals surface area contributed by atoms with Crippen molar-refractivity contribution in [3.63, 3.8) is 0 Å². The Morgan fingerprint density at radius 3 is 0.926 bits per heavy atom. The zero-order valence-corrected chi connectivity index (χ0v) is 24.0. The van der Waals surface area contributed by atoms with E-state index in [1.165, 1.54) is 9.83 Å². The minimum Gasteiger partial charge on any atom is -0.304 e. The number of hydrogen-bond donors (Lipinski definition) is 0. The molecule has 0 bridgehead atoms. The Labute approximate surface area is 191 Å². The summed E-state index contributed by atoms with van der Waals surface area (Å²) in [5.74, 6) is 0. The molecule has 0 aromatic rings. The fraction of sp³-hybridized carbons (Fsp3) is 1.00. The Bertz CT molecular complexity index is 421. The van der Waals surface area contributed by atoms with Crippen molar-refractivity contribution in [1.29, 1.82) is 0 Å². The fourth-order valence-electron chi connectivity index (χ4n) is 0.718. The van der Waals surface area contributed by atoms with E-state index in [-0.39, 0.29) is 24.4 Å². The van der Waals surface area contributed by atoms with E-state index in [0.717, 1.165) is 67.5 Å². The van der Waals surface area contributed by atoms with Crippen LogP contribution < -0.4 is 0 Å². The van der Waals surface area contributed by atoms with Gasteiger partial charge < -0.3 is 16.7 Å². The second-order valence-electron chi connectivity index (χ2n) is 5.99. The van der Waals surface area contributed by atoms with Crippen molar-refractivity contribution in [2.45, 2.75) is 79.8 Å². The number of rotatable bonds is 16. The third-order valence-corrected chi connectivity index (χ3v) is 28.0. The predicted octanol–water partition coefficient (Wildman–Crippen LogP) is 9.52. The molecule has 0 spiro atoms. The fourth-order valence-corrected chi connectivity index (χ4v) is 29.6. The number of hydrogen-bond acceptors (Lipinski definition) is 13. The van der Waals surface area contributed by atoms with Crippen LogP contribution in [0.3, 0.4) is 0 Å². The van der Waals surface area contributed by atoms with Crippen molar-refractivity contribution in [3.8, 4) is 0 Å². The van der Waals surface area contributed by atoms with Crippen LogP contribution >= 0.6 is 86.8 Å². The molecule has 0 aliphatic heterocycles. The van der Waals surface area contributed by atoms with E-state index in [0.29, 0.717) is 0 Å². The van der Waals surface area contributed by atoms with Gasteiger partial charge in [0.05, 0.1) is 71.1 Å². The van der Waals surface area contributed by atoms with Crippen molar-refractivity contribution in [2.75, 3.05) is 0 Å². The largest absolute Gasteiger partial charge is 0.306 e. The van der Waals surface area contributed by atoms with Crippen molar-refractivity contribution in [2.24, 2.45) is 0 Å². The minimum atomic E-state index is -2.96. The first-order valence-corrected chi connectivity index (χ1v) is 21.5. The molecule has 0 radical (unpaired) electrons. The Morgan fingerprint density at radius 2 is 0.741 bits per heavy atom. The van der Waals surface area contributed by atoms with Crippen LogP contribution in [0.5, 0.6) is 0 Å². The monoisotopic (exact) mass is 554 g/mol. The SMILES string of the molecule is CC(C)OSP(=O)(SOC(C)C)SSSP(=O)(SOC(C)C)SOC(C)C. The van der Waals surface area contributed by atoms with Gasteiger partial charge in [-0.25, -0.2) is 0 Å². The van der Waals surface area contributed by atoms with Gasteiger partial charge in [0.2, 0.25) is 0 Å². The average molecular weight is 555 g/mol. The summed E-state index contributed by atoms with van der Waals surface area (Å²) < 4.78 is 42.1. The van der Waals surface area contributed by atoms with Crippen LogP contribution in [0.25, 0.3) is 0 Å². The van der Waals surface area contributed by atoms with Gasteiger partial charge in [-0.3, -0.25) is 9.13 Å². The van der Waals surface area contributed by atoms with E-state index in [4.69, 9.17) is 16.7 Å². The molecule has 27 heavy (non-hydrogen) atoms. The molecule has 0 saturated heterocycles. The van der Waals surface area contributed by atoms with Crippen LogP contribution in [0.4, 0.5) is 0 Å². The zero-order chi connectivity index (χ0) is 21.1. The van der Waals surface area contributed by atoms with E-state index in [1.807, 2.05) is 55.4 Å². The quantitative estimate of drug-likeness (QED) is 0.103. The van der Waals surface area contributed by atoms with Crippen molar-refractivity contribution in [1.82, 2.24) is 0 Å². The maximum absolute atomic E-state index is 13.1. The Hall–Kier alpha value is 2.75. The summed E-state index contributed by atoms with van der Waals surface area (Å²) in [6.45, 7) is 14.9. The Kier molecular flexibility index (Phi) is 17.1. The summed E-state index contributed by atoms with van der Waals surface area (Å²) in [7, 11) is 3.39. The van der Waals surface area contributed by atoms with E-state index >= 15 is 0 Å². The minimum absolute atomic E-state index is 0.0719. The molecular weight excluding hydrogens is 527 g/mol. The highest BCUT2D eigenvalue weighted by Gasteiger charge is 2.35. The molecule has 0 aromatic carbocycles. The lowest BCUT2D eigenvalue weighted by molar-refractivity contribution is 0.290. The summed E-state index contributed by atoms with van der Waals surface area (Å²) >= 11 is 3.67. The highest BCUT2D eigenvalue weighted by Crippen LogP contribution is 2.89. The lowest BCUT2D eigenvalue weighted by Crippen LogP contribution is -1.95. The van der Waals surface area contributed by atoms with E-state index < -0.39 is 9.49 Å². The summed E-state index contributed by atoms with van der Waals surface area (Å²) in [5.41, 5.74) is 0. The molecule has 0 aromatic heterocycles. The van der Waals surface area contributed by atoms with Gasteiger partial charge in [0.25, 0.3) is 0 Å². The molecule has 6 nitrogen and oxygen atoms in total. The first kappa shape index (κ1) is 29.8. The normalized spacial score (nSPS) is 13.5. The van der Waals surface area contributed by atoms with Crippen molar-refractivity contribution >= 4 is 86.8 Å². The van der Waals surface area contributed by atoms with E-state index in [1.54, 1.807) is 0 Å². The summed E-state index contributed by atoms with van der Waals surface area (Å²) in [5, 5.41) is 0. The molecule has 0 heterocycles. The van der Waals surface area contributed by atoms with Gasteiger partial charge in [0.15, 0.2) is 0 Å². The van der Waals surface area contributed by atoms with Crippen molar-refractivity contribution < 1.29 is 25.9 Å². The molecule has 0 aliphatic rings. The highest BCUT2D eigenvalue weighted by atomic mass is 33.8. The van der Waals surface area contributed by atoms with Gasteiger partial charge in [-0.1, -0.05) is 0 Å². The third kappa shape index (κ3) is 17.0. The molecule has 0 amide bonds. The second-order valence-corrected chi connectivity index (χ2v) is 30.0. The van der Waals surface area contributed by atoms with E-state index in [9.17, 15) is 9.13 Å². The Balaban J connectivity index is 4.85. The van der Waals surface area contributed by atoms with Gasteiger partial charge >= 0.3 is 9.49 Å².